The summed E-state index contributed by atoms with van der Waals surface area (Å²) in [5.74, 6) is 1.86. The van der Waals surface area contributed by atoms with Crippen molar-refractivity contribution in [3.8, 4) is 5.75 Å². The number of carbonyl (C=O) groups is 1. The number of aryl methyl sites for hydroxylation is 2. The summed E-state index contributed by atoms with van der Waals surface area (Å²) in [6, 6.07) is 5.86. The lowest BCUT2D eigenvalue weighted by atomic mass is 9.87. The van der Waals surface area contributed by atoms with E-state index in [1.807, 2.05) is 18.2 Å². The second-order valence-corrected chi connectivity index (χ2v) is 10.8. The zero-order chi connectivity index (χ0) is 22.2. The van der Waals surface area contributed by atoms with E-state index in [2.05, 4.69) is 36.1 Å². The quantitative estimate of drug-likeness (QED) is 0.563. The average Bonchev–Trinajstić information content (AvgIpc) is 3.28. The Morgan fingerprint density at radius 1 is 1.32 bits per heavy atom. The molecule has 0 unspecified atom stereocenters. The third-order valence-corrected chi connectivity index (χ3v) is 7.57. The molecule has 4 rings (SSSR count). The lowest BCUT2D eigenvalue weighted by Crippen LogP contribution is -2.17. The predicted molar refractivity (Wildman–Crippen MR) is 129 cm³/mol. The molecule has 1 amide bonds. The molecule has 0 spiro atoms. The molecule has 2 N–H and O–H groups in total. The zero-order valence-corrected chi connectivity index (χ0v) is 19.9. The fourth-order valence-electron chi connectivity index (χ4n) is 3.81. The molecule has 0 fully saturated rings. The first-order chi connectivity index (χ1) is 14.8. The van der Waals surface area contributed by atoms with Gasteiger partial charge in [-0.1, -0.05) is 26.8 Å². The van der Waals surface area contributed by atoms with E-state index in [9.17, 15) is 9.59 Å². The number of hydrogen-bond donors (Lipinski definition) is 2. The lowest BCUT2D eigenvalue weighted by molar-refractivity contribution is -0.113. The minimum absolute atomic E-state index is 0.0291. The molecule has 164 valence electrons. The van der Waals surface area contributed by atoms with Crippen molar-refractivity contribution in [1.29, 1.82) is 0 Å². The molecule has 8 heteroatoms. The van der Waals surface area contributed by atoms with Crippen LogP contribution in [0.5, 0.6) is 5.75 Å². The van der Waals surface area contributed by atoms with Gasteiger partial charge in [-0.3, -0.25) is 9.59 Å². The number of thiophene rings is 1. The van der Waals surface area contributed by atoms with Crippen LogP contribution in [-0.2, 0) is 28.8 Å². The largest absolute Gasteiger partial charge is 0.495 e. The number of methoxy groups -OCH3 is 1. The van der Waals surface area contributed by atoms with E-state index >= 15 is 0 Å². The third-order valence-electron chi connectivity index (χ3n) is 5.44. The highest BCUT2D eigenvalue weighted by Gasteiger charge is 2.21. The summed E-state index contributed by atoms with van der Waals surface area (Å²) in [5, 5.41) is 3.71. The number of rotatable bonds is 6. The number of benzene rings is 1. The van der Waals surface area contributed by atoms with Crippen LogP contribution in [0.4, 0.5) is 5.69 Å². The number of anilines is 1. The van der Waals surface area contributed by atoms with Gasteiger partial charge in [0.05, 0.1) is 29.7 Å². The van der Waals surface area contributed by atoms with Crippen molar-refractivity contribution < 1.29 is 9.53 Å². The molecule has 2 aromatic heterocycles. The number of H-pyrrole nitrogens is 1. The molecule has 31 heavy (non-hydrogen) atoms. The van der Waals surface area contributed by atoms with Crippen LogP contribution in [0.15, 0.2) is 23.0 Å². The summed E-state index contributed by atoms with van der Waals surface area (Å²) in [6.07, 6.45) is 3.13. The minimum atomic E-state index is -0.118. The van der Waals surface area contributed by atoms with Gasteiger partial charge in [0.1, 0.15) is 16.4 Å². The molecular formula is C23H27N3O3S2. The van der Waals surface area contributed by atoms with Gasteiger partial charge < -0.3 is 15.0 Å². The first-order valence-electron chi connectivity index (χ1n) is 10.4. The number of nitrogens with zero attached hydrogens (tertiary/aromatic N) is 1. The molecular weight excluding hydrogens is 430 g/mol. The highest BCUT2D eigenvalue weighted by Crippen LogP contribution is 2.35. The van der Waals surface area contributed by atoms with Crippen LogP contribution in [0.3, 0.4) is 0 Å². The molecule has 1 aromatic carbocycles. The van der Waals surface area contributed by atoms with Crippen LogP contribution in [0.1, 0.15) is 49.0 Å². The molecule has 0 saturated heterocycles. The predicted octanol–water partition coefficient (Wildman–Crippen LogP) is 4.65. The van der Waals surface area contributed by atoms with E-state index in [0.29, 0.717) is 23.0 Å². The number of aromatic amines is 1. The fourth-order valence-corrected chi connectivity index (χ4v) is 5.78. The molecule has 0 aliphatic heterocycles. The maximum absolute atomic E-state index is 12.6. The minimum Gasteiger partial charge on any atom is -0.495 e. The van der Waals surface area contributed by atoms with E-state index < -0.39 is 0 Å². The fraction of sp³-hybridized carbons (Fsp3) is 0.435. The summed E-state index contributed by atoms with van der Waals surface area (Å²) in [7, 11) is 1.59. The molecule has 0 atom stereocenters. The maximum atomic E-state index is 12.6. The van der Waals surface area contributed by atoms with Crippen LogP contribution in [0.25, 0.3) is 10.2 Å². The Labute approximate surface area is 189 Å². The topological polar surface area (TPSA) is 84.1 Å². The summed E-state index contributed by atoms with van der Waals surface area (Å²) >= 11 is 3.05. The Bertz CT molecular complexity index is 1190. The second-order valence-electron chi connectivity index (χ2n) is 8.76. The van der Waals surface area contributed by atoms with E-state index in [4.69, 9.17) is 4.74 Å². The monoisotopic (exact) mass is 457 g/mol. The van der Waals surface area contributed by atoms with Crippen molar-refractivity contribution in [3.63, 3.8) is 0 Å². The number of aromatic nitrogens is 2. The smallest absolute Gasteiger partial charge is 0.259 e. The third kappa shape index (κ3) is 4.65. The Kier molecular flexibility index (Phi) is 6.12. The summed E-state index contributed by atoms with van der Waals surface area (Å²) in [6.45, 7) is 6.38. The van der Waals surface area contributed by atoms with Crippen molar-refractivity contribution in [1.82, 2.24) is 9.97 Å². The first-order valence-corrected chi connectivity index (χ1v) is 12.3. The average molecular weight is 458 g/mol. The van der Waals surface area contributed by atoms with Gasteiger partial charge in [-0.2, -0.15) is 0 Å². The molecule has 6 nitrogen and oxygen atoms in total. The Morgan fingerprint density at radius 2 is 2.13 bits per heavy atom. The molecule has 0 saturated carbocycles. The van der Waals surface area contributed by atoms with E-state index in [0.717, 1.165) is 35.0 Å². The SMILES string of the molecule is COc1ccc(C(C)(C)C)cc1NC(=O)CSCc1nc2sc3c(c2c(=O)[nH]1)CCC3. The number of hydrogen-bond acceptors (Lipinski definition) is 6. The highest BCUT2D eigenvalue weighted by molar-refractivity contribution is 7.99. The number of ether oxygens (including phenoxy) is 1. The first kappa shape index (κ1) is 21.9. The highest BCUT2D eigenvalue weighted by atomic mass is 32.2. The summed E-state index contributed by atoms with van der Waals surface area (Å²) in [4.78, 5) is 34.7. The number of nitrogens with one attached hydrogen (secondary N) is 2. The number of amides is 1. The second kappa shape index (κ2) is 8.67. The van der Waals surface area contributed by atoms with Gasteiger partial charge in [0.15, 0.2) is 0 Å². The maximum Gasteiger partial charge on any atom is 0.259 e. The molecule has 2 heterocycles. The van der Waals surface area contributed by atoms with Gasteiger partial charge in [0.25, 0.3) is 5.56 Å². The van der Waals surface area contributed by atoms with Gasteiger partial charge in [0.2, 0.25) is 5.91 Å². The molecule has 1 aliphatic rings. The van der Waals surface area contributed by atoms with Crippen LogP contribution < -0.4 is 15.6 Å². The Balaban J connectivity index is 1.40. The standard InChI is InChI=1S/C23H27N3O3S2/c1-23(2,3)13-8-9-16(29-4)15(10-13)24-19(27)12-30-11-18-25-21(28)20-14-6-5-7-17(14)31-22(20)26-18/h8-10H,5-7,11-12H2,1-4H3,(H,24,27)(H,25,26,28). The molecule has 0 radical (unpaired) electrons. The van der Waals surface area contributed by atoms with Crippen LogP contribution in [0.2, 0.25) is 0 Å². The van der Waals surface area contributed by atoms with E-state index in [1.165, 1.54) is 22.2 Å². The van der Waals surface area contributed by atoms with Crippen LogP contribution >= 0.6 is 23.1 Å². The van der Waals surface area contributed by atoms with E-state index in [-0.39, 0.29) is 22.6 Å². The van der Waals surface area contributed by atoms with Crippen molar-refractivity contribution in [3.05, 3.63) is 50.4 Å². The van der Waals surface area contributed by atoms with Crippen LogP contribution in [-0.4, -0.2) is 28.7 Å². The zero-order valence-electron chi connectivity index (χ0n) is 18.3. The Morgan fingerprint density at radius 3 is 2.87 bits per heavy atom. The molecule has 0 bridgehead atoms. The number of carbonyl (C=O) groups excluding carboxylic acids is 1. The van der Waals surface area contributed by atoms with Gasteiger partial charge >= 0.3 is 0 Å². The van der Waals surface area contributed by atoms with Crippen molar-refractivity contribution in [2.45, 2.75) is 51.2 Å². The van der Waals surface area contributed by atoms with Gasteiger partial charge in [-0.05, 0) is 47.9 Å². The summed E-state index contributed by atoms with van der Waals surface area (Å²) < 4.78 is 5.40. The van der Waals surface area contributed by atoms with Crippen molar-refractivity contribution >= 4 is 44.9 Å². The van der Waals surface area contributed by atoms with Crippen molar-refractivity contribution in [2.24, 2.45) is 0 Å². The van der Waals surface area contributed by atoms with Crippen molar-refractivity contribution in [2.75, 3.05) is 18.2 Å². The number of fused-ring (bicyclic) bond motifs is 3. The van der Waals surface area contributed by atoms with Crippen LogP contribution in [0, 0.1) is 0 Å². The molecule has 1 aliphatic carbocycles. The number of thioether (sulfide) groups is 1. The van der Waals surface area contributed by atoms with Gasteiger partial charge in [-0.25, -0.2) is 4.98 Å². The normalized spacial score (nSPS) is 13.4. The van der Waals surface area contributed by atoms with Gasteiger partial charge in [0, 0.05) is 4.88 Å². The summed E-state index contributed by atoms with van der Waals surface area (Å²) in [5.41, 5.74) is 2.88. The Hall–Kier alpha value is -2.32. The van der Waals surface area contributed by atoms with E-state index in [1.54, 1.807) is 18.4 Å². The lowest BCUT2D eigenvalue weighted by Gasteiger charge is -2.21. The molecule has 3 aromatic rings. The van der Waals surface area contributed by atoms with Gasteiger partial charge in [-0.15, -0.1) is 23.1 Å².